The quantitative estimate of drug-likeness (QED) is 0.694. The predicted octanol–water partition coefficient (Wildman–Crippen LogP) is 0.872. The van der Waals surface area contributed by atoms with Gasteiger partial charge >= 0.3 is 0 Å². The van der Waals surface area contributed by atoms with Gasteiger partial charge in [-0.2, -0.15) is 0 Å². The molecule has 0 saturated carbocycles. The Hall–Kier alpha value is -1.11. The molecule has 0 amide bonds. The van der Waals surface area contributed by atoms with Crippen molar-refractivity contribution in [2.24, 2.45) is 5.92 Å². The summed E-state index contributed by atoms with van der Waals surface area (Å²) >= 11 is 0. The molecular weight excluding hydrogens is 252 g/mol. The van der Waals surface area contributed by atoms with Crippen LogP contribution < -0.4 is 10.5 Å². The largest absolute Gasteiger partial charge is 0.398 e. The number of aliphatic hydroxyl groups is 1. The number of sulfonamides is 1. The summed E-state index contributed by atoms with van der Waals surface area (Å²) < 4.78 is 27.0. The van der Waals surface area contributed by atoms with Gasteiger partial charge in [-0.25, -0.2) is 13.1 Å². The van der Waals surface area contributed by atoms with Crippen LogP contribution in [0.4, 0.5) is 5.69 Å². The molecule has 0 heterocycles. The molecule has 4 N–H and O–H groups in total. The topological polar surface area (TPSA) is 92.4 Å². The Morgan fingerprint density at radius 1 is 1.39 bits per heavy atom. The number of anilines is 1. The van der Waals surface area contributed by atoms with Gasteiger partial charge in [0.1, 0.15) is 4.90 Å². The van der Waals surface area contributed by atoms with Crippen LogP contribution in [0.3, 0.4) is 0 Å². The highest BCUT2D eigenvalue weighted by atomic mass is 32.2. The zero-order valence-corrected chi connectivity index (χ0v) is 11.7. The number of aliphatic hydroxyl groups excluding tert-OH is 1. The molecule has 0 fully saturated rings. The molecule has 6 heteroatoms. The van der Waals surface area contributed by atoms with Gasteiger partial charge in [-0.1, -0.05) is 19.1 Å². The van der Waals surface area contributed by atoms with Crippen LogP contribution in [0.1, 0.15) is 19.4 Å². The molecule has 0 aliphatic heterocycles. The van der Waals surface area contributed by atoms with Gasteiger partial charge < -0.3 is 10.8 Å². The van der Waals surface area contributed by atoms with E-state index >= 15 is 0 Å². The van der Waals surface area contributed by atoms with Crippen molar-refractivity contribution in [3.63, 3.8) is 0 Å². The Morgan fingerprint density at radius 2 is 2.00 bits per heavy atom. The van der Waals surface area contributed by atoms with Crippen LogP contribution in [0.25, 0.3) is 0 Å². The first-order chi connectivity index (χ1) is 8.29. The summed E-state index contributed by atoms with van der Waals surface area (Å²) in [6.45, 7) is 5.11. The van der Waals surface area contributed by atoms with E-state index in [1.165, 1.54) is 0 Å². The van der Waals surface area contributed by atoms with Gasteiger partial charge in [-0.15, -0.1) is 0 Å². The second-order valence-corrected chi connectivity index (χ2v) is 6.21. The van der Waals surface area contributed by atoms with Crippen molar-refractivity contribution in [3.05, 3.63) is 23.8 Å². The lowest BCUT2D eigenvalue weighted by Gasteiger charge is -2.20. The summed E-state index contributed by atoms with van der Waals surface area (Å²) in [5.41, 5.74) is 6.55. The van der Waals surface area contributed by atoms with E-state index in [1.807, 2.05) is 0 Å². The second kappa shape index (κ2) is 5.69. The third-order valence-electron chi connectivity index (χ3n) is 2.99. The zero-order valence-electron chi connectivity index (χ0n) is 10.8. The van der Waals surface area contributed by atoms with Crippen LogP contribution in [0, 0.1) is 12.8 Å². The van der Waals surface area contributed by atoms with Crippen LogP contribution in [0.2, 0.25) is 0 Å². The van der Waals surface area contributed by atoms with Gasteiger partial charge in [0.25, 0.3) is 0 Å². The second-order valence-electron chi connectivity index (χ2n) is 4.56. The average Bonchev–Trinajstić information content (AvgIpc) is 2.26. The Kier molecular flexibility index (Phi) is 4.72. The Labute approximate surface area is 108 Å². The van der Waals surface area contributed by atoms with Crippen LogP contribution >= 0.6 is 0 Å². The Bertz CT molecular complexity index is 494. The number of rotatable bonds is 5. The Morgan fingerprint density at radius 3 is 2.50 bits per heavy atom. The van der Waals surface area contributed by atoms with E-state index in [0.717, 1.165) is 0 Å². The van der Waals surface area contributed by atoms with E-state index in [-0.39, 0.29) is 29.1 Å². The van der Waals surface area contributed by atoms with Gasteiger partial charge in [0.2, 0.25) is 10.0 Å². The summed E-state index contributed by atoms with van der Waals surface area (Å²) in [5, 5.41) is 9.02. The van der Waals surface area contributed by atoms with E-state index < -0.39 is 10.0 Å². The van der Waals surface area contributed by atoms with Crippen molar-refractivity contribution < 1.29 is 13.5 Å². The summed E-state index contributed by atoms with van der Waals surface area (Å²) in [7, 11) is -3.66. The fraction of sp³-hybridized carbons (Fsp3) is 0.500. The number of hydrogen-bond acceptors (Lipinski definition) is 4. The minimum absolute atomic E-state index is 0.0764. The number of aryl methyl sites for hydroxylation is 1. The van der Waals surface area contributed by atoms with Crippen LogP contribution in [0.5, 0.6) is 0 Å². The molecule has 2 atom stereocenters. The number of nitrogens with one attached hydrogen (secondary N) is 1. The number of hydrogen-bond donors (Lipinski definition) is 3. The standard InChI is InChI=1S/C12H20N2O3S/c1-8-5-4-6-11(13)12(8)18(16,17)14-10(3)9(2)7-15/h4-6,9-10,14-15H,7,13H2,1-3H3. The summed E-state index contributed by atoms with van der Waals surface area (Å²) in [5.74, 6) is -0.162. The van der Waals surface area contributed by atoms with Gasteiger partial charge in [0.15, 0.2) is 0 Å². The maximum Gasteiger partial charge on any atom is 0.243 e. The molecule has 0 spiro atoms. The summed E-state index contributed by atoms with van der Waals surface area (Å²) in [6, 6.07) is 4.61. The maximum atomic E-state index is 12.2. The smallest absolute Gasteiger partial charge is 0.243 e. The van der Waals surface area contributed by atoms with Crippen molar-refractivity contribution in [3.8, 4) is 0 Å². The molecule has 0 aliphatic rings. The summed E-state index contributed by atoms with van der Waals surface area (Å²) in [4.78, 5) is 0.113. The third kappa shape index (κ3) is 3.22. The van der Waals surface area contributed by atoms with Gasteiger partial charge in [-0.05, 0) is 31.4 Å². The lowest BCUT2D eigenvalue weighted by molar-refractivity contribution is 0.216. The van der Waals surface area contributed by atoms with E-state index in [9.17, 15) is 8.42 Å². The minimum atomic E-state index is -3.66. The molecular formula is C12H20N2O3S. The number of nitrogens with two attached hydrogens (primary N) is 1. The lowest BCUT2D eigenvalue weighted by atomic mass is 10.1. The molecule has 102 valence electrons. The van der Waals surface area contributed by atoms with E-state index in [1.54, 1.807) is 39.0 Å². The first kappa shape index (κ1) is 14.9. The first-order valence-electron chi connectivity index (χ1n) is 5.78. The maximum absolute atomic E-state index is 12.2. The van der Waals surface area contributed by atoms with Crippen molar-refractivity contribution in [1.82, 2.24) is 4.72 Å². The molecule has 18 heavy (non-hydrogen) atoms. The Balaban J connectivity index is 3.08. The van der Waals surface area contributed by atoms with E-state index in [0.29, 0.717) is 5.56 Å². The average molecular weight is 272 g/mol. The van der Waals surface area contributed by atoms with E-state index in [4.69, 9.17) is 10.8 Å². The fourth-order valence-electron chi connectivity index (χ4n) is 1.62. The molecule has 2 unspecified atom stereocenters. The van der Waals surface area contributed by atoms with Crippen molar-refractivity contribution >= 4 is 15.7 Å². The minimum Gasteiger partial charge on any atom is -0.398 e. The molecule has 1 aromatic carbocycles. The highest BCUT2D eigenvalue weighted by Crippen LogP contribution is 2.22. The molecule has 0 bridgehead atoms. The third-order valence-corrected chi connectivity index (χ3v) is 4.77. The molecule has 0 aromatic heterocycles. The van der Waals surface area contributed by atoms with Crippen molar-refractivity contribution in [1.29, 1.82) is 0 Å². The fourth-order valence-corrected chi connectivity index (χ4v) is 3.33. The lowest BCUT2D eigenvalue weighted by Crippen LogP contribution is -2.38. The monoisotopic (exact) mass is 272 g/mol. The molecule has 0 radical (unpaired) electrons. The van der Waals surface area contributed by atoms with Crippen LogP contribution in [0.15, 0.2) is 23.1 Å². The number of benzene rings is 1. The van der Waals surface area contributed by atoms with Crippen molar-refractivity contribution in [2.45, 2.75) is 31.7 Å². The highest BCUT2D eigenvalue weighted by Gasteiger charge is 2.24. The van der Waals surface area contributed by atoms with Gasteiger partial charge in [0.05, 0.1) is 5.69 Å². The molecule has 0 aliphatic carbocycles. The highest BCUT2D eigenvalue weighted by molar-refractivity contribution is 7.89. The normalized spacial score (nSPS) is 15.3. The molecule has 5 nitrogen and oxygen atoms in total. The van der Waals surface area contributed by atoms with Gasteiger partial charge in [0, 0.05) is 12.6 Å². The predicted molar refractivity (Wildman–Crippen MR) is 71.6 cm³/mol. The number of nitrogen functional groups attached to an aromatic ring is 1. The van der Waals surface area contributed by atoms with Crippen LogP contribution in [-0.4, -0.2) is 26.2 Å². The zero-order chi connectivity index (χ0) is 13.9. The van der Waals surface area contributed by atoms with Crippen LogP contribution in [-0.2, 0) is 10.0 Å². The van der Waals surface area contributed by atoms with Gasteiger partial charge in [-0.3, -0.25) is 0 Å². The SMILES string of the molecule is Cc1cccc(N)c1S(=O)(=O)NC(C)C(C)CO. The molecule has 1 aromatic rings. The van der Waals surface area contributed by atoms with E-state index in [2.05, 4.69) is 4.72 Å². The molecule has 0 saturated heterocycles. The van der Waals surface area contributed by atoms with Crippen molar-refractivity contribution in [2.75, 3.05) is 12.3 Å². The molecule has 1 rings (SSSR count). The summed E-state index contributed by atoms with van der Waals surface area (Å²) in [6.07, 6.45) is 0. The first-order valence-corrected chi connectivity index (χ1v) is 7.26.